The van der Waals surface area contributed by atoms with E-state index in [1.807, 2.05) is 43.1 Å². The molecule has 26 heavy (non-hydrogen) atoms. The van der Waals surface area contributed by atoms with E-state index in [4.69, 9.17) is 9.15 Å². The van der Waals surface area contributed by atoms with Crippen molar-refractivity contribution in [2.75, 3.05) is 14.2 Å². The molecule has 0 aliphatic rings. The normalized spacial score (nSPS) is 12.4. The molecule has 7 heteroatoms. The van der Waals surface area contributed by atoms with Gasteiger partial charge in [0, 0.05) is 11.6 Å². The first-order valence-corrected chi connectivity index (χ1v) is 8.10. The molecule has 136 valence electrons. The number of ether oxygens (including phenoxy) is 1. The Morgan fingerprint density at radius 2 is 1.81 bits per heavy atom. The lowest BCUT2D eigenvalue weighted by molar-refractivity contribution is 0.228. The molecule has 1 aromatic heterocycles. The van der Waals surface area contributed by atoms with Gasteiger partial charge in [-0.3, -0.25) is 4.90 Å². The predicted molar refractivity (Wildman–Crippen MR) is 92.5 cm³/mol. The third kappa shape index (κ3) is 3.88. The summed E-state index contributed by atoms with van der Waals surface area (Å²) in [5.74, 6) is -0.121. The van der Waals surface area contributed by atoms with Gasteiger partial charge in [-0.25, -0.2) is 8.78 Å². The molecule has 1 atom stereocenters. The number of nitrogens with zero attached hydrogens (tertiary/aromatic N) is 3. The smallest absolute Gasteiger partial charge is 0.247 e. The molecular formula is C19H19F2N3O2. The van der Waals surface area contributed by atoms with Gasteiger partial charge in [0.2, 0.25) is 11.8 Å². The van der Waals surface area contributed by atoms with E-state index < -0.39 is 11.6 Å². The highest BCUT2D eigenvalue weighted by Crippen LogP contribution is 2.24. The summed E-state index contributed by atoms with van der Waals surface area (Å²) >= 11 is 0. The number of rotatable bonds is 6. The first kappa shape index (κ1) is 18.0. The minimum Gasteiger partial charge on any atom is -0.497 e. The zero-order valence-electron chi connectivity index (χ0n) is 14.7. The predicted octanol–water partition coefficient (Wildman–Crippen LogP) is 4.22. The maximum absolute atomic E-state index is 13.4. The molecule has 1 heterocycles. The summed E-state index contributed by atoms with van der Waals surface area (Å²) in [5, 5.41) is 8.12. The molecule has 1 unspecified atom stereocenters. The van der Waals surface area contributed by atoms with E-state index in [-0.39, 0.29) is 6.04 Å². The molecule has 0 amide bonds. The van der Waals surface area contributed by atoms with Crippen molar-refractivity contribution in [1.82, 2.24) is 15.1 Å². The summed E-state index contributed by atoms with van der Waals surface area (Å²) in [7, 11) is 3.45. The van der Waals surface area contributed by atoms with Crippen LogP contribution in [-0.4, -0.2) is 29.3 Å². The van der Waals surface area contributed by atoms with Gasteiger partial charge in [0.15, 0.2) is 11.6 Å². The lowest BCUT2D eigenvalue weighted by Gasteiger charge is -2.23. The van der Waals surface area contributed by atoms with Gasteiger partial charge in [-0.15, -0.1) is 10.2 Å². The second-order valence-electron chi connectivity index (χ2n) is 5.99. The molecule has 0 aliphatic carbocycles. The summed E-state index contributed by atoms with van der Waals surface area (Å²) in [5.41, 5.74) is 1.46. The van der Waals surface area contributed by atoms with Crippen LogP contribution in [0.4, 0.5) is 8.78 Å². The zero-order chi connectivity index (χ0) is 18.7. The monoisotopic (exact) mass is 359 g/mol. The van der Waals surface area contributed by atoms with Crippen molar-refractivity contribution in [3.63, 3.8) is 0 Å². The van der Waals surface area contributed by atoms with Gasteiger partial charge in [0.1, 0.15) is 5.75 Å². The van der Waals surface area contributed by atoms with Crippen LogP contribution in [0.1, 0.15) is 24.4 Å². The number of halogens is 2. The zero-order valence-corrected chi connectivity index (χ0v) is 14.7. The second-order valence-corrected chi connectivity index (χ2v) is 5.99. The van der Waals surface area contributed by atoms with Crippen LogP contribution in [0.25, 0.3) is 11.5 Å². The Balaban J connectivity index is 1.70. The van der Waals surface area contributed by atoms with Crippen LogP contribution in [0.5, 0.6) is 5.75 Å². The molecule has 0 saturated heterocycles. The van der Waals surface area contributed by atoms with E-state index in [9.17, 15) is 8.78 Å². The van der Waals surface area contributed by atoms with Crippen LogP contribution in [0.3, 0.4) is 0 Å². The van der Waals surface area contributed by atoms with Crippen LogP contribution in [0.15, 0.2) is 46.9 Å². The largest absolute Gasteiger partial charge is 0.497 e. The SMILES string of the molecule is COc1ccc(-c2nnc(CN(C)C(C)c3ccc(F)c(F)c3)o2)cc1. The van der Waals surface area contributed by atoms with Crippen molar-refractivity contribution in [2.45, 2.75) is 19.5 Å². The van der Waals surface area contributed by atoms with E-state index in [0.717, 1.165) is 17.4 Å². The van der Waals surface area contributed by atoms with E-state index in [2.05, 4.69) is 10.2 Å². The van der Waals surface area contributed by atoms with Gasteiger partial charge >= 0.3 is 0 Å². The van der Waals surface area contributed by atoms with E-state index in [1.54, 1.807) is 13.2 Å². The summed E-state index contributed by atoms with van der Waals surface area (Å²) in [6.07, 6.45) is 0. The molecule has 0 radical (unpaired) electrons. The fraction of sp³-hybridized carbons (Fsp3) is 0.263. The lowest BCUT2D eigenvalue weighted by atomic mass is 10.1. The van der Waals surface area contributed by atoms with Gasteiger partial charge < -0.3 is 9.15 Å². The molecule has 0 N–H and O–H groups in total. The third-order valence-electron chi connectivity index (χ3n) is 4.28. The first-order chi connectivity index (χ1) is 12.5. The van der Waals surface area contributed by atoms with Crippen LogP contribution >= 0.6 is 0 Å². The van der Waals surface area contributed by atoms with Gasteiger partial charge in [-0.1, -0.05) is 6.07 Å². The van der Waals surface area contributed by atoms with Gasteiger partial charge in [-0.2, -0.15) is 0 Å². The number of aromatic nitrogens is 2. The van der Waals surface area contributed by atoms with Gasteiger partial charge in [0.05, 0.1) is 13.7 Å². The summed E-state index contributed by atoms with van der Waals surface area (Å²) in [6, 6.07) is 11.1. The molecule has 2 aromatic carbocycles. The minimum absolute atomic E-state index is 0.151. The summed E-state index contributed by atoms with van der Waals surface area (Å²) in [6.45, 7) is 2.27. The fourth-order valence-electron chi connectivity index (χ4n) is 2.54. The Hall–Kier alpha value is -2.80. The Kier molecular flexibility index (Phi) is 5.27. The minimum atomic E-state index is -0.859. The highest BCUT2D eigenvalue weighted by molar-refractivity contribution is 5.53. The maximum atomic E-state index is 13.4. The van der Waals surface area contributed by atoms with Crippen molar-refractivity contribution < 1.29 is 17.9 Å². The van der Waals surface area contributed by atoms with E-state index in [1.165, 1.54) is 6.07 Å². The molecule has 3 rings (SSSR count). The van der Waals surface area contributed by atoms with E-state index in [0.29, 0.717) is 23.9 Å². The average Bonchev–Trinajstić information content (AvgIpc) is 3.12. The van der Waals surface area contributed by atoms with Crippen molar-refractivity contribution in [1.29, 1.82) is 0 Å². The van der Waals surface area contributed by atoms with E-state index >= 15 is 0 Å². The maximum Gasteiger partial charge on any atom is 0.247 e. The van der Waals surface area contributed by atoms with Gasteiger partial charge in [0.25, 0.3) is 0 Å². The molecule has 0 bridgehead atoms. The number of benzene rings is 2. The molecule has 5 nitrogen and oxygen atoms in total. The molecular weight excluding hydrogens is 340 g/mol. The number of hydrogen-bond acceptors (Lipinski definition) is 5. The Labute approximate surface area is 150 Å². The molecule has 0 fully saturated rings. The van der Waals surface area contributed by atoms with Crippen LogP contribution < -0.4 is 4.74 Å². The first-order valence-electron chi connectivity index (χ1n) is 8.10. The van der Waals surface area contributed by atoms with Crippen LogP contribution in [-0.2, 0) is 6.54 Å². The number of hydrogen-bond donors (Lipinski definition) is 0. The van der Waals surface area contributed by atoms with Crippen LogP contribution in [0.2, 0.25) is 0 Å². The Bertz CT molecular complexity index is 881. The van der Waals surface area contributed by atoms with Crippen molar-refractivity contribution in [3.8, 4) is 17.2 Å². The van der Waals surface area contributed by atoms with Gasteiger partial charge in [-0.05, 0) is 55.9 Å². The Morgan fingerprint density at radius 3 is 2.46 bits per heavy atom. The topological polar surface area (TPSA) is 51.4 Å². The standard InChI is InChI=1S/C19H19F2N3O2/c1-12(14-6-9-16(20)17(21)10-14)24(2)11-18-22-23-19(26-18)13-4-7-15(25-3)8-5-13/h4-10,12H,11H2,1-3H3. The molecule has 0 saturated carbocycles. The quantitative estimate of drug-likeness (QED) is 0.660. The fourth-order valence-corrected chi connectivity index (χ4v) is 2.54. The second kappa shape index (κ2) is 7.61. The summed E-state index contributed by atoms with van der Waals surface area (Å²) < 4.78 is 37.4. The van der Waals surface area contributed by atoms with Crippen molar-refractivity contribution >= 4 is 0 Å². The van der Waals surface area contributed by atoms with Crippen LogP contribution in [0, 0.1) is 11.6 Å². The highest BCUT2D eigenvalue weighted by Gasteiger charge is 2.17. The highest BCUT2D eigenvalue weighted by atomic mass is 19.2. The average molecular weight is 359 g/mol. The molecule has 3 aromatic rings. The Morgan fingerprint density at radius 1 is 1.08 bits per heavy atom. The lowest BCUT2D eigenvalue weighted by Crippen LogP contribution is -2.22. The molecule has 0 aliphatic heterocycles. The summed E-state index contributed by atoms with van der Waals surface area (Å²) in [4.78, 5) is 1.91. The van der Waals surface area contributed by atoms with Crippen molar-refractivity contribution in [2.24, 2.45) is 0 Å². The van der Waals surface area contributed by atoms with Crippen molar-refractivity contribution in [3.05, 3.63) is 65.6 Å². The third-order valence-corrected chi connectivity index (χ3v) is 4.28. The number of methoxy groups -OCH3 is 1. The molecule has 0 spiro atoms.